The number of benzene rings is 2. The fraction of sp³-hybridized carbons (Fsp3) is 0.405. The summed E-state index contributed by atoms with van der Waals surface area (Å²) in [5.41, 5.74) is 10.5. The molecular weight excluding hydrogens is 670 g/mol. The smallest absolute Gasteiger partial charge is 0.323 e. The first-order chi connectivity index (χ1) is 25.6. The van der Waals surface area contributed by atoms with E-state index in [0.29, 0.717) is 28.9 Å². The quantitative estimate of drug-likeness (QED) is 0.108. The van der Waals surface area contributed by atoms with Crippen molar-refractivity contribution in [3.8, 4) is 11.1 Å². The van der Waals surface area contributed by atoms with E-state index in [1.54, 1.807) is 13.3 Å². The summed E-state index contributed by atoms with van der Waals surface area (Å²) in [7, 11) is 1.75. The number of anilines is 1. The van der Waals surface area contributed by atoms with Crippen LogP contribution in [0.5, 0.6) is 0 Å². The van der Waals surface area contributed by atoms with Crippen molar-refractivity contribution in [2.75, 3.05) is 32.1 Å². The van der Waals surface area contributed by atoms with Crippen molar-refractivity contribution in [2.45, 2.75) is 83.0 Å². The highest BCUT2D eigenvalue weighted by Crippen LogP contribution is 2.43. The molecule has 2 saturated carbocycles. The van der Waals surface area contributed by atoms with Crippen molar-refractivity contribution < 1.29 is 29.3 Å². The summed E-state index contributed by atoms with van der Waals surface area (Å²) in [5, 5.41) is 24.7. The number of aliphatic hydroxyl groups excluding tert-OH is 1. The van der Waals surface area contributed by atoms with Crippen LogP contribution in [0.25, 0.3) is 11.1 Å². The van der Waals surface area contributed by atoms with Crippen LogP contribution in [0.2, 0.25) is 0 Å². The molecule has 4 aromatic rings. The van der Waals surface area contributed by atoms with E-state index in [1.807, 2.05) is 68.6 Å². The summed E-state index contributed by atoms with van der Waals surface area (Å²) in [4.78, 5) is 50.0. The number of carbonyl (C=O) groups is 3. The lowest BCUT2D eigenvalue weighted by molar-refractivity contribution is -0.140. The number of amides is 1. The van der Waals surface area contributed by atoms with Crippen molar-refractivity contribution >= 4 is 23.3 Å². The zero-order valence-electron chi connectivity index (χ0n) is 30.5. The highest BCUT2D eigenvalue weighted by molar-refractivity contribution is 6.04. The number of aromatic nitrogens is 2. The zero-order chi connectivity index (χ0) is 37.2. The van der Waals surface area contributed by atoms with Gasteiger partial charge in [-0.3, -0.25) is 34.6 Å². The molecule has 1 saturated heterocycles. The number of hydrogen-bond acceptors (Lipinski definition) is 9. The molecular formula is C42H47N5O6. The summed E-state index contributed by atoms with van der Waals surface area (Å²) in [6.07, 6.45) is 8.26. The summed E-state index contributed by atoms with van der Waals surface area (Å²) >= 11 is 0. The lowest BCUT2D eigenvalue weighted by atomic mass is 9.90. The number of pyridine rings is 2. The number of likely N-dealkylation sites (tertiary alicyclic amines) is 1. The number of methoxy groups -OCH3 is 1. The topological polar surface area (TPSA) is 154 Å². The van der Waals surface area contributed by atoms with Gasteiger partial charge in [-0.15, -0.1) is 0 Å². The average molecular weight is 718 g/mol. The number of carboxylic acid groups (broad SMARTS) is 1. The van der Waals surface area contributed by atoms with Crippen molar-refractivity contribution in [1.82, 2.24) is 20.2 Å². The minimum atomic E-state index is -1.12. The van der Waals surface area contributed by atoms with Crippen LogP contribution >= 0.6 is 0 Å². The number of Topliss-reactive ketones (excluding diaryl/α,β-unsaturated/α-hetero) is 1. The second-order valence-corrected chi connectivity index (χ2v) is 14.7. The number of aliphatic carboxylic acids is 1. The maximum atomic E-state index is 13.6. The van der Waals surface area contributed by atoms with Crippen LogP contribution in [-0.4, -0.2) is 81.7 Å². The van der Waals surface area contributed by atoms with Crippen LogP contribution < -0.4 is 10.6 Å². The van der Waals surface area contributed by atoms with Gasteiger partial charge in [0.1, 0.15) is 17.4 Å². The molecule has 3 aliphatic rings. The number of carboxylic acids is 1. The Kier molecular flexibility index (Phi) is 10.8. The van der Waals surface area contributed by atoms with E-state index < -0.39 is 18.6 Å². The molecule has 11 heteroatoms. The van der Waals surface area contributed by atoms with Crippen LogP contribution in [0.1, 0.15) is 97.4 Å². The van der Waals surface area contributed by atoms with Crippen molar-refractivity contribution in [3.63, 3.8) is 0 Å². The van der Waals surface area contributed by atoms with Gasteiger partial charge in [-0.05, 0) is 120 Å². The molecule has 0 unspecified atom stereocenters. The Morgan fingerprint density at radius 1 is 0.868 bits per heavy atom. The second-order valence-electron chi connectivity index (χ2n) is 14.7. The molecule has 2 aromatic carbocycles. The number of nitrogens with one attached hydrogen (secondary N) is 2. The molecule has 1 atom stereocenters. The average Bonchev–Trinajstić information content (AvgIpc) is 4.06. The van der Waals surface area contributed by atoms with E-state index in [4.69, 9.17) is 4.74 Å². The SMILES string of the molecule is COC1CN(Cc2cnc(C(=O)Nc3cccc(-c4cccc(CC(=O)c5cc(C6CC6)c(CN[C@H](CO)C(=O)O)cn5)c4C)c3C)cc2C2CC2)C1. The first kappa shape index (κ1) is 36.5. The summed E-state index contributed by atoms with van der Waals surface area (Å²) < 4.78 is 5.43. The van der Waals surface area contributed by atoms with Gasteiger partial charge in [0.15, 0.2) is 5.78 Å². The van der Waals surface area contributed by atoms with Gasteiger partial charge in [-0.1, -0.05) is 30.3 Å². The summed E-state index contributed by atoms with van der Waals surface area (Å²) in [6, 6.07) is 14.6. The van der Waals surface area contributed by atoms with E-state index in [-0.39, 0.29) is 30.8 Å². The monoisotopic (exact) mass is 717 g/mol. The van der Waals surface area contributed by atoms with Crippen molar-refractivity contribution in [1.29, 1.82) is 0 Å². The van der Waals surface area contributed by atoms with Crippen molar-refractivity contribution in [2.24, 2.45) is 0 Å². The Morgan fingerprint density at radius 2 is 1.49 bits per heavy atom. The maximum Gasteiger partial charge on any atom is 0.323 e. The molecule has 276 valence electrons. The number of carbonyl (C=O) groups excluding carboxylic acids is 2. The molecule has 7 rings (SSSR count). The normalized spacial score (nSPS) is 16.6. The second kappa shape index (κ2) is 15.7. The van der Waals surface area contributed by atoms with E-state index in [1.165, 1.54) is 11.1 Å². The third kappa shape index (κ3) is 8.23. The molecule has 0 radical (unpaired) electrons. The van der Waals surface area contributed by atoms with Gasteiger partial charge >= 0.3 is 5.97 Å². The van der Waals surface area contributed by atoms with Gasteiger partial charge in [0.2, 0.25) is 0 Å². The van der Waals surface area contributed by atoms with Gasteiger partial charge < -0.3 is 20.3 Å². The predicted octanol–water partition coefficient (Wildman–Crippen LogP) is 5.56. The van der Waals surface area contributed by atoms with Gasteiger partial charge in [-0.2, -0.15) is 0 Å². The molecule has 3 heterocycles. The lowest BCUT2D eigenvalue weighted by Crippen LogP contribution is -2.51. The number of rotatable bonds is 16. The summed E-state index contributed by atoms with van der Waals surface area (Å²) in [6.45, 7) is 6.37. The van der Waals surface area contributed by atoms with Crippen molar-refractivity contribution in [3.05, 3.63) is 111 Å². The first-order valence-electron chi connectivity index (χ1n) is 18.5. The molecule has 11 nitrogen and oxygen atoms in total. The van der Waals surface area contributed by atoms with E-state index >= 15 is 0 Å². The van der Waals surface area contributed by atoms with Crippen LogP contribution in [0.3, 0.4) is 0 Å². The number of ketones is 1. The molecule has 53 heavy (non-hydrogen) atoms. The number of aliphatic hydroxyl groups is 1. The third-order valence-electron chi connectivity index (χ3n) is 10.9. The number of hydrogen-bond donors (Lipinski definition) is 4. The van der Waals surface area contributed by atoms with E-state index in [2.05, 4.69) is 25.5 Å². The standard InChI is InChI=1S/C42H47N5O6/c1-24-28(14-40(49)37-15-34(26-10-11-26)29(17-43-37)18-45-39(23-48)42(51)52)6-4-7-32(24)33-8-5-9-36(25(33)2)46-41(50)38-16-35(27-12-13-27)30(19-44-38)20-47-21-31(22-47)53-3/h4-9,15-17,19,26-27,31,39,45,48H,10-14,18,20-23H2,1-3H3,(H,46,50)(H,51,52)/t39-/m1/s1. The largest absolute Gasteiger partial charge is 0.480 e. The molecule has 2 aromatic heterocycles. The molecule has 2 aliphatic carbocycles. The minimum Gasteiger partial charge on any atom is -0.480 e. The zero-order valence-corrected chi connectivity index (χ0v) is 30.5. The van der Waals surface area contributed by atoms with Gasteiger partial charge in [0.25, 0.3) is 5.91 Å². The Balaban J connectivity index is 1.06. The molecule has 1 amide bonds. The molecule has 1 aliphatic heterocycles. The molecule has 4 N–H and O–H groups in total. The summed E-state index contributed by atoms with van der Waals surface area (Å²) in [5.74, 6) is -0.668. The fourth-order valence-corrected chi connectivity index (χ4v) is 7.29. The van der Waals surface area contributed by atoms with Crippen LogP contribution in [0, 0.1) is 13.8 Å². The highest BCUT2D eigenvalue weighted by Gasteiger charge is 2.32. The van der Waals surface area contributed by atoms with Crippen LogP contribution in [0.4, 0.5) is 5.69 Å². The number of ether oxygens (including phenoxy) is 1. The Labute approximate surface area is 309 Å². The molecule has 3 fully saturated rings. The fourth-order valence-electron chi connectivity index (χ4n) is 7.29. The maximum absolute atomic E-state index is 13.6. The molecule has 0 bridgehead atoms. The molecule has 0 spiro atoms. The van der Waals surface area contributed by atoms with Crippen LogP contribution in [0.15, 0.2) is 60.9 Å². The van der Waals surface area contributed by atoms with Gasteiger partial charge in [0.05, 0.1) is 12.7 Å². The third-order valence-corrected chi connectivity index (χ3v) is 10.9. The lowest BCUT2D eigenvalue weighted by Gasteiger charge is -2.38. The minimum absolute atomic E-state index is 0.101. The van der Waals surface area contributed by atoms with Gasteiger partial charge in [0, 0.05) is 57.8 Å². The Bertz CT molecular complexity index is 2030. The first-order valence-corrected chi connectivity index (χ1v) is 18.5. The van der Waals surface area contributed by atoms with Gasteiger partial charge in [-0.25, -0.2) is 0 Å². The van der Waals surface area contributed by atoms with Crippen LogP contribution in [-0.2, 0) is 29.0 Å². The number of nitrogens with zero attached hydrogens (tertiary/aromatic N) is 3. The highest BCUT2D eigenvalue weighted by atomic mass is 16.5. The Morgan fingerprint density at radius 3 is 2.15 bits per heavy atom. The Hall–Kier alpha value is -4.81. The van der Waals surface area contributed by atoms with E-state index in [0.717, 1.165) is 84.3 Å². The predicted molar refractivity (Wildman–Crippen MR) is 201 cm³/mol. The van der Waals surface area contributed by atoms with E-state index in [9.17, 15) is 24.6 Å².